The van der Waals surface area contributed by atoms with E-state index in [-0.39, 0.29) is 11.7 Å². The van der Waals surface area contributed by atoms with Crippen LogP contribution in [-0.2, 0) is 0 Å². The van der Waals surface area contributed by atoms with Gasteiger partial charge in [0.05, 0.1) is 17.6 Å². The lowest BCUT2D eigenvalue weighted by molar-refractivity contribution is 0.0996. The van der Waals surface area contributed by atoms with E-state index in [2.05, 4.69) is 16.0 Å². The van der Waals surface area contributed by atoms with Crippen LogP contribution in [0.3, 0.4) is 0 Å². The zero-order valence-corrected chi connectivity index (χ0v) is 16.9. The fourth-order valence-corrected chi connectivity index (χ4v) is 2.92. The molecule has 0 spiro atoms. The Labute approximate surface area is 173 Å². The highest BCUT2D eigenvalue weighted by Crippen LogP contribution is 2.28. The summed E-state index contributed by atoms with van der Waals surface area (Å²) in [5.41, 5.74) is 3.19. The number of halogens is 1. The van der Waals surface area contributed by atoms with Gasteiger partial charge in [-0.15, -0.1) is 0 Å². The zero-order valence-electron chi connectivity index (χ0n) is 15.3. The second-order valence-corrected chi connectivity index (χ2v) is 6.99. The minimum absolute atomic E-state index is 0.255. The average Bonchev–Trinajstić information content (AvgIpc) is 3.18. The summed E-state index contributed by atoms with van der Waals surface area (Å²) in [7, 11) is 3.89. The van der Waals surface area contributed by atoms with E-state index in [0.29, 0.717) is 15.8 Å². The van der Waals surface area contributed by atoms with Crippen LogP contribution in [0.5, 0.6) is 0 Å². The molecule has 6 nitrogen and oxygen atoms in total. The summed E-state index contributed by atoms with van der Waals surface area (Å²) in [5, 5.41) is 10.1. The van der Waals surface area contributed by atoms with Crippen LogP contribution in [0.25, 0.3) is 0 Å². The summed E-state index contributed by atoms with van der Waals surface area (Å²) in [5.74, 6) is -0.0501. The SMILES string of the molecule is CN(C)c1ccc(Cl)cc1NC(=S)Nc1ccc(NC(=O)c2ccco2)cc1. The van der Waals surface area contributed by atoms with Crippen molar-refractivity contribution in [2.45, 2.75) is 0 Å². The summed E-state index contributed by atoms with van der Waals surface area (Å²) in [6.07, 6.45) is 1.46. The first-order chi connectivity index (χ1) is 13.4. The van der Waals surface area contributed by atoms with Crippen molar-refractivity contribution < 1.29 is 9.21 Å². The van der Waals surface area contributed by atoms with Gasteiger partial charge in [-0.3, -0.25) is 4.79 Å². The van der Waals surface area contributed by atoms with Crippen LogP contribution in [0.4, 0.5) is 22.7 Å². The van der Waals surface area contributed by atoms with Crippen molar-refractivity contribution in [2.24, 2.45) is 0 Å². The highest BCUT2D eigenvalue weighted by Gasteiger charge is 2.10. The van der Waals surface area contributed by atoms with Gasteiger partial charge in [-0.25, -0.2) is 0 Å². The zero-order chi connectivity index (χ0) is 20.1. The number of furan rings is 1. The van der Waals surface area contributed by atoms with E-state index in [1.807, 2.05) is 49.3 Å². The maximum Gasteiger partial charge on any atom is 0.291 e. The molecule has 3 N–H and O–H groups in total. The number of nitrogens with zero attached hydrogens (tertiary/aromatic N) is 1. The van der Waals surface area contributed by atoms with E-state index < -0.39 is 0 Å². The quantitative estimate of drug-likeness (QED) is 0.507. The van der Waals surface area contributed by atoms with Gasteiger partial charge < -0.3 is 25.3 Å². The van der Waals surface area contributed by atoms with E-state index in [0.717, 1.165) is 17.1 Å². The summed E-state index contributed by atoms with van der Waals surface area (Å²) >= 11 is 11.5. The molecule has 0 radical (unpaired) electrons. The molecule has 0 aliphatic rings. The maximum absolute atomic E-state index is 12.0. The van der Waals surface area contributed by atoms with Crippen LogP contribution >= 0.6 is 23.8 Å². The summed E-state index contributed by atoms with van der Waals surface area (Å²) in [6, 6.07) is 16.0. The lowest BCUT2D eigenvalue weighted by Crippen LogP contribution is -2.21. The molecule has 28 heavy (non-hydrogen) atoms. The lowest BCUT2D eigenvalue weighted by atomic mass is 10.2. The Kier molecular flexibility index (Phi) is 6.18. The molecule has 0 atom stereocenters. The Balaban J connectivity index is 1.62. The number of anilines is 4. The number of hydrogen-bond donors (Lipinski definition) is 3. The molecule has 1 heterocycles. The van der Waals surface area contributed by atoms with Crippen molar-refractivity contribution in [1.82, 2.24) is 0 Å². The number of carbonyl (C=O) groups is 1. The molecule has 0 saturated carbocycles. The Bertz CT molecular complexity index is 972. The molecule has 0 aliphatic carbocycles. The standard InChI is InChI=1S/C20H19ClN4O2S/c1-25(2)17-10-5-13(21)12-16(17)24-20(28)23-15-8-6-14(7-9-15)22-19(26)18-4-3-11-27-18/h3-12H,1-2H3,(H,22,26)(H2,23,24,28). The molecule has 3 rings (SSSR count). The largest absolute Gasteiger partial charge is 0.459 e. The van der Waals surface area contributed by atoms with Crippen LogP contribution in [0, 0.1) is 0 Å². The Morgan fingerprint density at radius 3 is 2.29 bits per heavy atom. The monoisotopic (exact) mass is 414 g/mol. The van der Waals surface area contributed by atoms with Gasteiger partial charge in [0.2, 0.25) is 0 Å². The van der Waals surface area contributed by atoms with Gasteiger partial charge in [-0.05, 0) is 66.8 Å². The number of carbonyl (C=O) groups excluding carboxylic acids is 1. The van der Waals surface area contributed by atoms with Gasteiger partial charge in [0.25, 0.3) is 5.91 Å². The Hall–Kier alpha value is -3.03. The average molecular weight is 415 g/mol. The molecule has 0 bridgehead atoms. The molecule has 0 saturated heterocycles. The molecule has 3 aromatic rings. The molecule has 2 aromatic carbocycles. The number of rotatable bonds is 5. The topological polar surface area (TPSA) is 69.5 Å². The van der Waals surface area contributed by atoms with Crippen molar-refractivity contribution in [1.29, 1.82) is 0 Å². The number of thiocarbonyl (C=S) groups is 1. The van der Waals surface area contributed by atoms with Crippen LogP contribution in [0.15, 0.2) is 65.3 Å². The van der Waals surface area contributed by atoms with Gasteiger partial charge >= 0.3 is 0 Å². The normalized spacial score (nSPS) is 10.2. The minimum atomic E-state index is -0.305. The van der Waals surface area contributed by atoms with E-state index in [9.17, 15) is 4.79 Å². The summed E-state index contributed by atoms with van der Waals surface area (Å²) < 4.78 is 5.07. The van der Waals surface area contributed by atoms with Crippen molar-refractivity contribution in [2.75, 3.05) is 34.9 Å². The van der Waals surface area contributed by atoms with Gasteiger partial charge in [-0.1, -0.05) is 11.6 Å². The summed E-state index contributed by atoms with van der Waals surface area (Å²) in [4.78, 5) is 14.0. The number of benzene rings is 2. The van der Waals surface area contributed by atoms with Crippen LogP contribution in [-0.4, -0.2) is 25.1 Å². The maximum atomic E-state index is 12.0. The molecule has 0 unspecified atom stereocenters. The van der Waals surface area contributed by atoms with Crippen molar-refractivity contribution in [3.05, 3.63) is 71.6 Å². The number of hydrogen-bond acceptors (Lipinski definition) is 4. The smallest absolute Gasteiger partial charge is 0.291 e. The molecule has 8 heteroatoms. The second-order valence-electron chi connectivity index (χ2n) is 6.14. The van der Waals surface area contributed by atoms with Crippen molar-refractivity contribution in [3.8, 4) is 0 Å². The van der Waals surface area contributed by atoms with Crippen LogP contribution in [0.2, 0.25) is 5.02 Å². The van der Waals surface area contributed by atoms with Gasteiger partial charge in [-0.2, -0.15) is 0 Å². The fourth-order valence-electron chi connectivity index (χ4n) is 2.52. The van der Waals surface area contributed by atoms with E-state index >= 15 is 0 Å². The molecule has 1 amide bonds. The third-order valence-corrected chi connectivity index (χ3v) is 4.27. The molecular weight excluding hydrogens is 396 g/mol. The van der Waals surface area contributed by atoms with Crippen LogP contribution in [0.1, 0.15) is 10.6 Å². The van der Waals surface area contributed by atoms with E-state index in [1.54, 1.807) is 24.3 Å². The highest BCUT2D eigenvalue weighted by molar-refractivity contribution is 7.80. The summed E-state index contributed by atoms with van der Waals surface area (Å²) in [6.45, 7) is 0. The molecule has 0 fully saturated rings. The van der Waals surface area contributed by atoms with Crippen molar-refractivity contribution >= 4 is 57.6 Å². The number of amides is 1. The fraction of sp³-hybridized carbons (Fsp3) is 0.100. The molecule has 0 aliphatic heterocycles. The first kappa shape index (κ1) is 19.7. The third kappa shape index (κ3) is 5.03. The highest BCUT2D eigenvalue weighted by atomic mass is 35.5. The van der Waals surface area contributed by atoms with Gasteiger partial charge in [0, 0.05) is 30.5 Å². The van der Waals surface area contributed by atoms with Gasteiger partial charge in [0.15, 0.2) is 10.9 Å². The lowest BCUT2D eigenvalue weighted by Gasteiger charge is -2.19. The minimum Gasteiger partial charge on any atom is -0.459 e. The Morgan fingerprint density at radius 1 is 1.00 bits per heavy atom. The van der Waals surface area contributed by atoms with Crippen molar-refractivity contribution in [3.63, 3.8) is 0 Å². The molecule has 1 aromatic heterocycles. The Morgan fingerprint density at radius 2 is 1.68 bits per heavy atom. The predicted molar refractivity (Wildman–Crippen MR) is 119 cm³/mol. The predicted octanol–water partition coefficient (Wildman–Crippen LogP) is 5.06. The first-order valence-electron chi connectivity index (χ1n) is 8.42. The first-order valence-corrected chi connectivity index (χ1v) is 9.21. The molecular formula is C20H19ClN4O2S. The third-order valence-electron chi connectivity index (χ3n) is 3.83. The van der Waals surface area contributed by atoms with E-state index in [4.69, 9.17) is 28.2 Å². The van der Waals surface area contributed by atoms with Crippen LogP contribution < -0.4 is 20.9 Å². The van der Waals surface area contributed by atoms with Gasteiger partial charge in [0.1, 0.15) is 0 Å². The second kappa shape index (κ2) is 8.77. The van der Waals surface area contributed by atoms with E-state index in [1.165, 1.54) is 6.26 Å². The molecule has 144 valence electrons. The number of nitrogens with one attached hydrogen (secondary N) is 3.